The maximum atomic E-state index is 5.38. The molecule has 104 valence electrons. The fourth-order valence-electron chi connectivity index (χ4n) is 3.11. The Morgan fingerprint density at radius 2 is 2.00 bits per heavy atom. The predicted molar refractivity (Wildman–Crippen MR) is 75.9 cm³/mol. The van der Waals surface area contributed by atoms with Gasteiger partial charge in [-0.3, -0.25) is 9.88 Å². The first-order chi connectivity index (χ1) is 9.36. The number of nitrogens with zero attached hydrogens (tertiary/aromatic N) is 4. The predicted octanol–water partition coefficient (Wildman–Crippen LogP) is 0.827. The Bertz CT molecular complexity index is 417. The molecule has 2 aliphatic heterocycles. The van der Waals surface area contributed by atoms with Gasteiger partial charge in [-0.1, -0.05) is 6.42 Å². The molecule has 0 radical (unpaired) electrons. The van der Waals surface area contributed by atoms with Gasteiger partial charge in [0, 0.05) is 19.1 Å². The normalized spacial score (nSPS) is 24.7. The summed E-state index contributed by atoms with van der Waals surface area (Å²) in [5.41, 5.74) is 2.55. The van der Waals surface area contributed by atoms with Crippen LogP contribution in [0.1, 0.15) is 25.7 Å². The third-order valence-electron chi connectivity index (χ3n) is 4.16. The number of hydrogen-bond donors (Lipinski definition) is 2. The van der Waals surface area contributed by atoms with Crippen LogP contribution >= 0.6 is 0 Å². The molecule has 0 saturated carbocycles. The number of anilines is 2. The average molecular weight is 262 g/mol. The van der Waals surface area contributed by atoms with Gasteiger partial charge in [0.15, 0.2) is 5.82 Å². The number of likely N-dealkylation sites (tertiary alicyclic amines) is 1. The van der Waals surface area contributed by atoms with Gasteiger partial charge in [-0.25, -0.2) is 10.8 Å². The quantitative estimate of drug-likeness (QED) is 0.621. The summed E-state index contributed by atoms with van der Waals surface area (Å²) < 4.78 is 0. The molecule has 0 spiro atoms. The largest absolute Gasteiger partial charge is 0.354 e. The summed E-state index contributed by atoms with van der Waals surface area (Å²) in [6.45, 7) is 4.63. The topological polar surface area (TPSA) is 70.3 Å². The van der Waals surface area contributed by atoms with Crippen LogP contribution in [-0.4, -0.2) is 47.1 Å². The molecule has 6 heteroatoms. The molecule has 1 unspecified atom stereocenters. The Morgan fingerprint density at radius 3 is 2.79 bits per heavy atom. The smallest absolute Gasteiger partial charge is 0.160 e. The fraction of sp³-hybridized carbons (Fsp3) is 0.692. The van der Waals surface area contributed by atoms with Crippen molar-refractivity contribution in [3.8, 4) is 0 Å². The molecule has 3 N–H and O–H groups in total. The van der Waals surface area contributed by atoms with Gasteiger partial charge in [0.25, 0.3) is 0 Å². The van der Waals surface area contributed by atoms with Crippen LogP contribution in [0.2, 0.25) is 0 Å². The maximum Gasteiger partial charge on any atom is 0.160 e. The lowest BCUT2D eigenvalue weighted by molar-refractivity contribution is 0.175. The monoisotopic (exact) mass is 262 g/mol. The first-order valence-corrected chi connectivity index (χ1v) is 7.14. The molecular formula is C13H22N6. The molecule has 6 nitrogen and oxygen atoms in total. The second-order valence-electron chi connectivity index (χ2n) is 5.39. The fourth-order valence-corrected chi connectivity index (χ4v) is 3.11. The lowest BCUT2D eigenvalue weighted by atomic mass is 10.1. The number of nitrogen functional groups attached to an aromatic ring is 1. The van der Waals surface area contributed by atoms with Crippen molar-refractivity contribution in [2.75, 3.05) is 36.5 Å². The zero-order valence-corrected chi connectivity index (χ0v) is 11.3. The standard InChI is InChI=1S/C13H22N6/c14-17-12-8-15-9-13(16-12)19-7-4-11(10-19)18-5-2-1-3-6-18/h8-9,11H,1-7,10,14H2,(H,16,17). The van der Waals surface area contributed by atoms with E-state index in [1.807, 2.05) is 6.20 Å². The number of rotatable bonds is 3. The Balaban J connectivity index is 1.64. The molecule has 3 heterocycles. The molecule has 3 rings (SSSR count). The minimum atomic E-state index is 0.624. The first-order valence-electron chi connectivity index (χ1n) is 7.14. The van der Waals surface area contributed by atoms with Crippen molar-refractivity contribution in [3.05, 3.63) is 12.4 Å². The highest BCUT2D eigenvalue weighted by Gasteiger charge is 2.29. The van der Waals surface area contributed by atoms with Gasteiger partial charge in [-0.2, -0.15) is 0 Å². The Hall–Kier alpha value is -1.40. The molecule has 1 atom stereocenters. The molecule has 0 bridgehead atoms. The molecule has 1 aromatic rings. The summed E-state index contributed by atoms with van der Waals surface area (Å²) in [7, 11) is 0. The minimum absolute atomic E-state index is 0.624. The van der Waals surface area contributed by atoms with Crippen LogP contribution in [0.4, 0.5) is 11.6 Å². The van der Waals surface area contributed by atoms with E-state index in [4.69, 9.17) is 5.84 Å². The lowest BCUT2D eigenvalue weighted by Gasteiger charge is -2.32. The molecule has 19 heavy (non-hydrogen) atoms. The number of nitrogens with two attached hydrogens (primary N) is 1. The third-order valence-corrected chi connectivity index (χ3v) is 4.16. The zero-order valence-electron chi connectivity index (χ0n) is 11.3. The average Bonchev–Trinajstić information content (AvgIpc) is 2.98. The molecule has 0 aromatic carbocycles. The van der Waals surface area contributed by atoms with Crippen molar-refractivity contribution >= 4 is 11.6 Å². The maximum absolute atomic E-state index is 5.38. The van der Waals surface area contributed by atoms with E-state index in [2.05, 4.69) is 25.2 Å². The van der Waals surface area contributed by atoms with Gasteiger partial charge in [0.05, 0.1) is 12.4 Å². The Kier molecular flexibility index (Phi) is 3.79. The highest BCUT2D eigenvalue weighted by Crippen LogP contribution is 2.23. The molecule has 2 saturated heterocycles. The highest BCUT2D eigenvalue weighted by atomic mass is 15.3. The van der Waals surface area contributed by atoms with Crippen LogP contribution in [0.15, 0.2) is 12.4 Å². The van der Waals surface area contributed by atoms with Crippen molar-refractivity contribution in [3.63, 3.8) is 0 Å². The highest BCUT2D eigenvalue weighted by molar-refractivity contribution is 5.44. The Labute approximate surface area is 114 Å². The molecule has 1 aromatic heterocycles. The molecule has 0 amide bonds. The SMILES string of the molecule is NNc1cncc(N2CCC(N3CCCCC3)C2)n1. The second kappa shape index (κ2) is 5.71. The van der Waals surface area contributed by atoms with Crippen molar-refractivity contribution < 1.29 is 0 Å². The van der Waals surface area contributed by atoms with Gasteiger partial charge in [-0.15, -0.1) is 0 Å². The van der Waals surface area contributed by atoms with Gasteiger partial charge in [0.2, 0.25) is 0 Å². The zero-order chi connectivity index (χ0) is 13.1. The van der Waals surface area contributed by atoms with Gasteiger partial charge < -0.3 is 10.3 Å². The summed E-state index contributed by atoms with van der Waals surface area (Å²) in [4.78, 5) is 13.6. The van der Waals surface area contributed by atoms with E-state index in [-0.39, 0.29) is 0 Å². The number of hydrogen-bond acceptors (Lipinski definition) is 6. The van der Waals surface area contributed by atoms with E-state index in [1.54, 1.807) is 6.20 Å². The number of nitrogens with one attached hydrogen (secondary N) is 1. The molecule has 2 aliphatic rings. The molecule has 2 fully saturated rings. The van der Waals surface area contributed by atoms with E-state index < -0.39 is 0 Å². The summed E-state index contributed by atoms with van der Waals surface area (Å²) in [6.07, 6.45) is 8.78. The second-order valence-corrected chi connectivity index (χ2v) is 5.39. The van der Waals surface area contributed by atoms with Gasteiger partial charge >= 0.3 is 0 Å². The number of hydrazine groups is 1. The summed E-state index contributed by atoms with van der Waals surface area (Å²) in [5, 5.41) is 0. The molecule has 0 aliphatic carbocycles. The van der Waals surface area contributed by atoms with Crippen LogP contribution in [0.5, 0.6) is 0 Å². The summed E-state index contributed by atoms with van der Waals surface area (Å²) in [6, 6.07) is 0.677. The van der Waals surface area contributed by atoms with E-state index in [0.717, 1.165) is 18.9 Å². The van der Waals surface area contributed by atoms with Crippen molar-refractivity contribution in [1.29, 1.82) is 0 Å². The van der Waals surface area contributed by atoms with E-state index >= 15 is 0 Å². The summed E-state index contributed by atoms with van der Waals surface area (Å²) >= 11 is 0. The van der Waals surface area contributed by atoms with E-state index in [9.17, 15) is 0 Å². The Morgan fingerprint density at radius 1 is 1.16 bits per heavy atom. The lowest BCUT2D eigenvalue weighted by Crippen LogP contribution is -2.41. The van der Waals surface area contributed by atoms with Crippen LogP contribution in [-0.2, 0) is 0 Å². The van der Waals surface area contributed by atoms with Crippen LogP contribution in [0, 0.1) is 0 Å². The van der Waals surface area contributed by atoms with Crippen LogP contribution < -0.4 is 16.2 Å². The first kappa shape index (κ1) is 12.6. The molecular weight excluding hydrogens is 240 g/mol. The van der Waals surface area contributed by atoms with Crippen molar-refractivity contribution in [2.24, 2.45) is 5.84 Å². The minimum Gasteiger partial charge on any atom is -0.354 e. The van der Waals surface area contributed by atoms with Crippen molar-refractivity contribution in [1.82, 2.24) is 14.9 Å². The third kappa shape index (κ3) is 2.79. The van der Waals surface area contributed by atoms with Gasteiger partial charge in [0.1, 0.15) is 5.82 Å². The van der Waals surface area contributed by atoms with Crippen LogP contribution in [0.25, 0.3) is 0 Å². The van der Waals surface area contributed by atoms with Crippen LogP contribution in [0.3, 0.4) is 0 Å². The van der Waals surface area contributed by atoms with Gasteiger partial charge in [-0.05, 0) is 32.4 Å². The summed E-state index contributed by atoms with van der Waals surface area (Å²) in [5.74, 6) is 6.93. The number of piperidine rings is 1. The van der Waals surface area contributed by atoms with Crippen molar-refractivity contribution in [2.45, 2.75) is 31.7 Å². The van der Waals surface area contributed by atoms with E-state index in [0.29, 0.717) is 11.9 Å². The van der Waals surface area contributed by atoms with E-state index in [1.165, 1.54) is 38.8 Å². The number of aromatic nitrogens is 2.